The summed E-state index contributed by atoms with van der Waals surface area (Å²) in [4.78, 5) is 36.1. The molecule has 0 aliphatic rings. The molecule has 1 unspecified atom stereocenters. The third-order valence-corrected chi connectivity index (χ3v) is 6.56. The molecule has 4 rings (SSSR count). The molecule has 1 atom stereocenters. The van der Waals surface area contributed by atoms with Gasteiger partial charge in [-0.05, 0) is 66.8 Å². The van der Waals surface area contributed by atoms with Crippen molar-refractivity contribution in [1.82, 2.24) is 5.32 Å². The molecule has 4 aromatic rings. The topological polar surface area (TPSA) is 125 Å². The lowest BCUT2D eigenvalue weighted by molar-refractivity contribution is -0.138. The molecule has 2 amide bonds. The Bertz CT molecular complexity index is 1460. The van der Waals surface area contributed by atoms with Crippen molar-refractivity contribution in [2.75, 3.05) is 11.9 Å². The molecule has 0 aliphatic heterocycles. The highest BCUT2D eigenvalue weighted by atomic mass is 16.5. The zero-order chi connectivity index (χ0) is 31.0. The molecule has 0 fully saturated rings. The van der Waals surface area contributed by atoms with Crippen LogP contribution in [0.5, 0.6) is 11.5 Å². The predicted molar refractivity (Wildman–Crippen MR) is 168 cm³/mol. The number of hydrogen-bond donors (Lipinski definition) is 4. The average Bonchev–Trinajstić information content (AvgIpc) is 3.02. The van der Waals surface area contributed by atoms with Crippen molar-refractivity contribution in [3.05, 3.63) is 125 Å². The Morgan fingerprint density at radius 2 is 1.40 bits per heavy atom. The van der Waals surface area contributed by atoms with E-state index in [9.17, 15) is 19.5 Å². The Balaban J connectivity index is 0.000000546. The summed E-state index contributed by atoms with van der Waals surface area (Å²) in [7, 11) is 0. The SMILES string of the molecule is CC(NC(=O)c1ccc(NC(=O)CCc2ccccc2)c(OCCc2ccc(O)cc2)c1)C(=O)O.CCc1ccccc1. The van der Waals surface area contributed by atoms with Gasteiger partial charge < -0.3 is 25.6 Å². The molecular formula is C35H38N2O6. The van der Waals surface area contributed by atoms with Gasteiger partial charge in [0.05, 0.1) is 12.3 Å². The second kappa shape index (κ2) is 17.0. The molecule has 0 bridgehead atoms. The number of rotatable bonds is 12. The smallest absolute Gasteiger partial charge is 0.325 e. The Morgan fingerprint density at radius 3 is 1.98 bits per heavy atom. The van der Waals surface area contributed by atoms with Crippen LogP contribution in [0.25, 0.3) is 0 Å². The molecule has 43 heavy (non-hydrogen) atoms. The second-order valence-corrected chi connectivity index (χ2v) is 9.88. The van der Waals surface area contributed by atoms with Crippen molar-refractivity contribution in [3.8, 4) is 11.5 Å². The van der Waals surface area contributed by atoms with Crippen LogP contribution in [-0.4, -0.2) is 40.6 Å². The summed E-state index contributed by atoms with van der Waals surface area (Å²) in [6, 6.07) is 30.3. The molecular weight excluding hydrogens is 544 g/mol. The van der Waals surface area contributed by atoms with Gasteiger partial charge in [-0.25, -0.2) is 0 Å². The van der Waals surface area contributed by atoms with Crippen LogP contribution in [-0.2, 0) is 28.9 Å². The first kappa shape index (κ1) is 32.4. The molecule has 8 heteroatoms. The van der Waals surface area contributed by atoms with Crippen molar-refractivity contribution in [3.63, 3.8) is 0 Å². The number of nitrogens with one attached hydrogen (secondary N) is 2. The van der Waals surface area contributed by atoms with Crippen molar-refractivity contribution < 1.29 is 29.3 Å². The number of aryl methyl sites for hydroxylation is 2. The summed E-state index contributed by atoms with van der Waals surface area (Å²) in [5, 5.41) is 23.7. The molecule has 8 nitrogen and oxygen atoms in total. The van der Waals surface area contributed by atoms with E-state index in [0.29, 0.717) is 24.3 Å². The number of anilines is 1. The second-order valence-electron chi connectivity index (χ2n) is 9.88. The lowest BCUT2D eigenvalue weighted by Crippen LogP contribution is -2.38. The number of phenols is 1. The molecule has 4 aromatic carbocycles. The molecule has 224 valence electrons. The maximum Gasteiger partial charge on any atom is 0.325 e. The minimum absolute atomic E-state index is 0.171. The van der Waals surface area contributed by atoms with Crippen LogP contribution >= 0.6 is 0 Å². The largest absolute Gasteiger partial charge is 0.508 e. The van der Waals surface area contributed by atoms with Gasteiger partial charge in [0.1, 0.15) is 17.5 Å². The number of phenolic OH excluding ortho intramolecular Hbond substituents is 1. The monoisotopic (exact) mass is 582 g/mol. The van der Waals surface area contributed by atoms with Crippen molar-refractivity contribution >= 4 is 23.5 Å². The number of aromatic hydroxyl groups is 1. The van der Waals surface area contributed by atoms with Crippen LogP contribution in [0.15, 0.2) is 103 Å². The van der Waals surface area contributed by atoms with E-state index in [0.717, 1.165) is 17.5 Å². The quantitative estimate of drug-likeness (QED) is 0.162. The van der Waals surface area contributed by atoms with Crippen molar-refractivity contribution in [2.45, 2.75) is 45.6 Å². The van der Waals surface area contributed by atoms with E-state index >= 15 is 0 Å². The van der Waals surface area contributed by atoms with Gasteiger partial charge in [0, 0.05) is 18.4 Å². The summed E-state index contributed by atoms with van der Waals surface area (Å²) in [5.74, 6) is -1.44. The number of carbonyl (C=O) groups excluding carboxylic acids is 2. The maximum absolute atomic E-state index is 12.6. The molecule has 0 saturated heterocycles. The van der Waals surface area contributed by atoms with Crippen LogP contribution < -0.4 is 15.4 Å². The summed E-state index contributed by atoms with van der Waals surface area (Å²) in [5.41, 5.74) is 4.03. The Hall–Kier alpha value is -5.11. The Labute approximate surface area is 252 Å². The number of aliphatic carboxylic acids is 1. The average molecular weight is 583 g/mol. The van der Waals surface area contributed by atoms with Crippen molar-refractivity contribution in [2.24, 2.45) is 0 Å². The molecule has 0 spiro atoms. The zero-order valence-electron chi connectivity index (χ0n) is 24.5. The molecule has 4 N–H and O–H groups in total. The minimum atomic E-state index is -1.15. The van der Waals surface area contributed by atoms with Crippen molar-refractivity contribution in [1.29, 1.82) is 0 Å². The number of carboxylic acids is 1. The van der Waals surface area contributed by atoms with E-state index in [1.165, 1.54) is 24.6 Å². The Morgan fingerprint density at radius 1 is 0.791 bits per heavy atom. The van der Waals surface area contributed by atoms with E-state index in [4.69, 9.17) is 9.84 Å². The number of benzene rings is 4. The van der Waals surface area contributed by atoms with E-state index < -0.39 is 17.9 Å². The van der Waals surface area contributed by atoms with Gasteiger partial charge in [-0.1, -0.05) is 79.7 Å². The fourth-order valence-electron chi connectivity index (χ4n) is 4.00. The predicted octanol–water partition coefficient (Wildman–Crippen LogP) is 6.04. The number of ether oxygens (including phenoxy) is 1. The zero-order valence-corrected chi connectivity index (χ0v) is 24.5. The normalized spacial score (nSPS) is 10.9. The number of amides is 2. The van der Waals surface area contributed by atoms with E-state index in [-0.39, 0.29) is 30.2 Å². The Kier molecular flexibility index (Phi) is 12.8. The maximum atomic E-state index is 12.6. The standard InChI is InChI=1S/C27H28N2O6.C8H10/c1-18(27(33)34)28-26(32)21-10-13-23(29-25(31)14-9-19-5-3-2-4-6-19)24(17-21)35-16-15-20-7-11-22(30)12-8-20;1-2-8-6-4-3-5-7-8/h2-8,10-13,17-18,30H,9,14-16H2,1H3,(H,28,32)(H,29,31)(H,33,34);3-7H,2H2,1H3. The highest BCUT2D eigenvalue weighted by Crippen LogP contribution is 2.27. The third kappa shape index (κ3) is 11.4. The summed E-state index contributed by atoms with van der Waals surface area (Å²) in [6.07, 6.45) is 2.53. The van der Waals surface area contributed by atoms with Gasteiger partial charge in [0.15, 0.2) is 0 Å². The number of carboxylic acid groups (broad SMARTS) is 1. The first-order chi connectivity index (χ1) is 20.7. The van der Waals surface area contributed by atoms with Gasteiger partial charge in [-0.15, -0.1) is 0 Å². The molecule has 0 aliphatic carbocycles. The van der Waals surface area contributed by atoms with E-state index in [2.05, 4.69) is 41.8 Å². The summed E-state index contributed by atoms with van der Waals surface area (Å²) in [6.45, 7) is 3.79. The lowest BCUT2D eigenvalue weighted by atomic mass is 10.1. The van der Waals surface area contributed by atoms with Gasteiger partial charge in [-0.2, -0.15) is 0 Å². The first-order valence-electron chi connectivity index (χ1n) is 14.2. The molecule has 0 aromatic heterocycles. The van der Waals surface area contributed by atoms with Gasteiger partial charge in [0.25, 0.3) is 5.91 Å². The molecule has 0 saturated carbocycles. The number of hydrogen-bond acceptors (Lipinski definition) is 5. The highest BCUT2D eigenvalue weighted by Gasteiger charge is 2.18. The van der Waals surface area contributed by atoms with Gasteiger partial charge in [0.2, 0.25) is 5.91 Å². The molecule has 0 heterocycles. The number of carbonyl (C=O) groups is 3. The van der Waals surface area contributed by atoms with Crippen LogP contribution in [0.4, 0.5) is 5.69 Å². The minimum Gasteiger partial charge on any atom is -0.508 e. The van der Waals surface area contributed by atoms with Crippen LogP contribution in [0, 0.1) is 0 Å². The first-order valence-corrected chi connectivity index (χ1v) is 14.2. The van der Waals surface area contributed by atoms with Crippen LogP contribution in [0.3, 0.4) is 0 Å². The van der Waals surface area contributed by atoms with Crippen LogP contribution in [0.2, 0.25) is 0 Å². The highest BCUT2D eigenvalue weighted by molar-refractivity contribution is 5.98. The third-order valence-electron chi connectivity index (χ3n) is 6.56. The fourth-order valence-corrected chi connectivity index (χ4v) is 4.00. The lowest BCUT2D eigenvalue weighted by Gasteiger charge is -2.15. The fraction of sp³-hybridized carbons (Fsp3) is 0.229. The summed E-state index contributed by atoms with van der Waals surface area (Å²) < 4.78 is 5.90. The molecule has 0 radical (unpaired) electrons. The van der Waals surface area contributed by atoms with E-state index in [1.807, 2.05) is 36.4 Å². The van der Waals surface area contributed by atoms with Gasteiger partial charge in [-0.3, -0.25) is 14.4 Å². The van der Waals surface area contributed by atoms with Gasteiger partial charge >= 0.3 is 5.97 Å². The van der Waals surface area contributed by atoms with Crippen LogP contribution in [0.1, 0.15) is 47.3 Å². The van der Waals surface area contributed by atoms with E-state index in [1.54, 1.807) is 30.3 Å². The summed E-state index contributed by atoms with van der Waals surface area (Å²) >= 11 is 0.